The fraction of sp³-hybridized carbons (Fsp3) is 0.200. The van der Waals surface area contributed by atoms with Crippen molar-refractivity contribution in [2.24, 2.45) is 0 Å². The molecule has 71 valence electrons. The minimum Gasteiger partial charge on any atom is -0.272 e. The zero-order valence-corrected chi connectivity index (χ0v) is 8.49. The van der Waals surface area contributed by atoms with Gasteiger partial charge in [0.2, 0.25) is 0 Å². The monoisotopic (exact) mass is 206 g/mol. The minimum atomic E-state index is 0.602. The van der Waals surface area contributed by atoms with Crippen molar-refractivity contribution < 1.29 is 0 Å². The van der Waals surface area contributed by atoms with Gasteiger partial charge in [-0.15, -0.1) is 0 Å². The zero-order valence-electron chi connectivity index (χ0n) is 7.74. The summed E-state index contributed by atoms with van der Waals surface area (Å²) in [6, 6.07) is 6.61. The van der Waals surface area contributed by atoms with Crippen molar-refractivity contribution >= 4 is 11.6 Å². The van der Waals surface area contributed by atoms with Crippen LogP contribution in [-0.2, 0) is 6.54 Å². The van der Waals surface area contributed by atoms with E-state index >= 15 is 0 Å². The Morgan fingerprint density at radius 3 is 3.07 bits per heavy atom. The summed E-state index contributed by atoms with van der Waals surface area (Å²) in [4.78, 5) is 4.16. The van der Waals surface area contributed by atoms with Gasteiger partial charge in [0, 0.05) is 25.0 Å². The number of aromatic nitrogens is 3. The molecule has 4 heteroatoms. The molecule has 0 bridgehead atoms. The van der Waals surface area contributed by atoms with Gasteiger partial charge in [0.1, 0.15) is 11.4 Å². The molecule has 2 heterocycles. The van der Waals surface area contributed by atoms with Crippen LogP contribution in [0, 0.1) is 6.07 Å². The lowest BCUT2D eigenvalue weighted by molar-refractivity contribution is 0.661. The summed E-state index contributed by atoms with van der Waals surface area (Å²) in [5.74, 6) is 0. The lowest BCUT2D eigenvalue weighted by atomic mass is 10.3. The number of rotatable bonds is 2. The van der Waals surface area contributed by atoms with Crippen molar-refractivity contribution in [1.29, 1.82) is 0 Å². The molecule has 0 amide bonds. The lowest BCUT2D eigenvalue weighted by Crippen LogP contribution is -1.94. The number of nitrogens with zero attached hydrogens (tertiary/aromatic N) is 3. The van der Waals surface area contributed by atoms with Crippen LogP contribution >= 0.6 is 11.6 Å². The van der Waals surface area contributed by atoms with Crippen LogP contribution in [0.2, 0.25) is 5.02 Å². The summed E-state index contributed by atoms with van der Waals surface area (Å²) in [6.07, 6.45) is 3.49. The molecule has 0 spiro atoms. The normalized spacial score (nSPS) is 10.4. The van der Waals surface area contributed by atoms with Crippen LogP contribution in [0.5, 0.6) is 0 Å². The van der Waals surface area contributed by atoms with Crippen LogP contribution in [0.3, 0.4) is 0 Å². The summed E-state index contributed by atoms with van der Waals surface area (Å²) >= 11 is 5.98. The van der Waals surface area contributed by atoms with Crippen molar-refractivity contribution in [3.05, 3.63) is 35.6 Å². The van der Waals surface area contributed by atoms with Gasteiger partial charge in [-0.25, -0.2) is 0 Å². The predicted octanol–water partition coefficient (Wildman–Crippen LogP) is 2.42. The quantitative estimate of drug-likeness (QED) is 0.756. The summed E-state index contributed by atoms with van der Waals surface area (Å²) in [5, 5.41) is 4.88. The fourth-order valence-electron chi connectivity index (χ4n) is 1.16. The second-order valence-electron chi connectivity index (χ2n) is 2.81. The zero-order chi connectivity index (χ0) is 9.97. The fourth-order valence-corrected chi connectivity index (χ4v) is 1.37. The molecule has 0 saturated carbocycles. The summed E-state index contributed by atoms with van der Waals surface area (Å²) in [6.45, 7) is 2.84. The van der Waals surface area contributed by atoms with E-state index in [0.29, 0.717) is 16.4 Å². The molecule has 0 aliphatic heterocycles. The molecule has 0 aliphatic rings. The molecule has 0 aromatic carbocycles. The molecule has 1 radical (unpaired) electrons. The summed E-state index contributed by atoms with van der Waals surface area (Å²) in [5.41, 5.74) is 1.37. The molecule has 0 saturated heterocycles. The molecule has 0 fully saturated rings. The molecule has 2 aromatic rings. The third-order valence-corrected chi connectivity index (χ3v) is 2.19. The number of aryl methyl sites for hydroxylation is 1. The van der Waals surface area contributed by atoms with E-state index in [1.165, 1.54) is 0 Å². The first-order valence-corrected chi connectivity index (χ1v) is 4.75. The van der Waals surface area contributed by atoms with Gasteiger partial charge in [0.25, 0.3) is 0 Å². The van der Waals surface area contributed by atoms with Gasteiger partial charge in [-0.2, -0.15) is 5.10 Å². The van der Waals surface area contributed by atoms with Crippen LogP contribution in [0.1, 0.15) is 6.92 Å². The van der Waals surface area contributed by atoms with Gasteiger partial charge in [-0.3, -0.25) is 9.67 Å². The first-order valence-electron chi connectivity index (χ1n) is 4.37. The highest BCUT2D eigenvalue weighted by Gasteiger charge is 2.07. The SMILES string of the molecule is CCn1c[c]c(-c2ncccc2Cl)n1. The molecular formula is C10H9ClN3. The van der Waals surface area contributed by atoms with Crippen LogP contribution in [-0.4, -0.2) is 14.8 Å². The highest BCUT2D eigenvalue weighted by molar-refractivity contribution is 6.32. The van der Waals surface area contributed by atoms with E-state index in [-0.39, 0.29) is 0 Å². The third-order valence-electron chi connectivity index (χ3n) is 1.89. The van der Waals surface area contributed by atoms with Crippen LogP contribution in [0.25, 0.3) is 11.4 Å². The predicted molar refractivity (Wildman–Crippen MR) is 55.0 cm³/mol. The highest BCUT2D eigenvalue weighted by atomic mass is 35.5. The second-order valence-corrected chi connectivity index (χ2v) is 3.22. The second kappa shape index (κ2) is 3.80. The highest BCUT2D eigenvalue weighted by Crippen LogP contribution is 2.22. The minimum absolute atomic E-state index is 0.602. The van der Waals surface area contributed by atoms with Gasteiger partial charge in [-0.05, 0) is 19.1 Å². The largest absolute Gasteiger partial charge is 0.272 e. The summed E-state index contributed by atoms with van der Waals surface area (Å²) in [7, 11) is 0. The van der Waals surface area contributed by atoms with Gasteiger partial charge in [-0.1, -0.05) is 11.6 Å². The number of hydrogen-bond donors (Lipinski definition) is 0. The smallest absolute Gasteiger partial charge is 0.120 e. The van der Waals surface area contributed by atoms with Crippen LogP contribution in [0.4, 0.5) is 0 Å². The maximum atomic E-state index is 5.98. The Balaban J connectivity index is 2.44. The van der Waals surface area contributed by atoms with E-state index in [9.17, 15) is 0 Å². The van der Waals surface area contributed by atoms with E-state index in [1.807, 2.05) is 6.92 Å². The van der Waals surface area contributed by atoms with Crippen molar-refractivity contribution in [3.63, 3.8) is 0 Å². The standard InChI is InChI=1S/C10H9ClN3/c1-2-14-7-5-9(13-14)10-8(11)4-3-6-12-10/h3-4,6-7H,2H2,1H3. The molecule has 2 rings (SSSR count). The Morgan fingerprint density at radius 2 is 2.43 bits per heavy atom. The van der Waals surface area contributed by atoms with E-state index in [2.05, 4.69) is 16.1 Å². The van der Waals surface area contributed by atoms with E-state index in [4.69, 9.17) is 11.6 Å². The van der Waals surface area contributed by atoms with Crippen molar-refractivity contribution in [1.82, 2.24) is 14.8 Å². The van der Waals surface area contributed by atoms with Crippen molar-refractivity contribution in [3.8, 4) is 11.4 Å². The number of halogens is 1. The Hall–Kier alpha value is -1.35. The maximum Gasteiger partial charge on any atom is 0.120 e. The molecule has 3 nitrogen and oxygen atoms in total. The summed E-state index contributed by atoms with van der Waals surface area (Å²) < 4.78 is 1.79. The van der Waals surface area contributed by atoms with E-state index < -0.39 is 0 Å². The molecule has 0 atom stereocenters. The maximum absolute atomic E-state index is 5.98. The number of hydrogen-bond acceptors (Lipinski definition) is 2. The van der Waals surface area contributed by atoms with Gasteiger partial charge < -0.3 is 0 Å². The van der Waals surface area contributed by atoms with Crippen molar-refractivity contribution in [2.75, 3.05) is 0 Å². The van der Waals surface area contributed by atoms with Gasteiger partial charge in [0.15, 0.2) is 0 Å². The number of pyridine rings is 1. The topological polar surface area (TPSA) is 30.7 Å². The first kappa shape index (κ1) is 9.21. The Kier molecular flexibility index (Phi) is 2.50. The molecule has 2 aromatic heterocycles. The van der Waals surface area contributed by atoms with Crippen LogP contribution in [0.15, 0.2) is 24.5 Å². The third kappa shape index (κ3) is 1.63. The molecule has 14 heavy (non-hydrogen) atoms. The average Bonchev–Trinajstić information content (AvgIpc) is 2.67. The molecule has 0 N–H and O–H groups in total. The first-order chi connectivity index (χ1) is 6.81. The van der Waals surface area contributed by atoms with E-state index in [0.717, 1.165) is 6.54 Å². The Labute approximate surface area is 87.3 Å². The Bertz CT molecular complexity index is 436. The van der Waals surface area contributed by atoms with Gasteiger partial charge >= 0.3 is 0 Å². The lowest BCUT2D eigenvalue weighted by Gasteiger charge is -1.97. The van der Waals surface area contributed by atoms with Crippen molar-refractivity contribution in [2.45, 2.75) is 13.5 Å². The van der Waals surface area contributed by atoms with Gasteiger partial charge in [0.05, 0.1) is 5.02 Å². The van der Waals surface area contributed by atoms with E-state index in [1.54, 1.807) is 29.2 Å². The van der Waals surface area contributed by atoms with Crippen LogP contribution < -0.4 is 0 Å². The molecule has 0 unspecified atom stereocenters. The molecular weight excluding hydrogens is 198 g/mol. The Morgan fingerprint density at radius 1 is 1.57 bits per heavy atom. The molecule has 0 aliphatic carbocycles. The average molecular weight is 207 g/mol.